The standard InChI is InChI=1S/C23H24FN3O3/c1-15-13-19(29-2)7-8-20(15)23(28)27-11-9-16(10-12-27)14-21-25-22(26-30-21)17-3-5-18(24)6-4-17/h3-8,13,16H,9-12,14H2,1-2H3. The molecule has 0 saturated carbocycles. The Kier molecular flexibility index (Phi) is 5.79. The molecule has 2 aromatic carbocycles. The minimum absolute atomic E-state index is 0.0602. The van der Waals surface area contributed by atoms with Crippen LogP contribution in [-0.2, 0) is 6.42 Å². The molecule has 30 heavy (non-hydrogen) atoms. The number of likely N-dealkylation sites (tertiary alicyclic amines) is 1. The summed E-state index contributed by atoms with van der Waals surface area (Å²) in [5.41, 5.74) is 2.36. The van der Waals surface area contributed by atoms with E-state index in [0.717, 1.165) is 35.3 Å². The normalized spacial score (nSPS) is 14.7. The maximum atomic E-state index is 13.1. The van der Waals surface area contributed by atoms with Crippen molar-refractivity contribution in [1.82, 2.24) is 15.0 Å². The van der Waals surface area contributed by atoms with Gasteiger partial charge in [-0.15, -0.1) is 0 Å². The predicted molar refractivity (Wildman–Crippen MR) is 110 cm³/mol. The highest BCUT2D eigenvalue weighted by Gasteiger charge is 2.26. The highest BCUT2D eigenvalue weighted by Crippen LogP contribution is 2.25. The van der Waals surface area contributed by atoms with Gasteiger partial charge in [0.15, 0.2) is 0 Å². The number of carbonyl (C=O) groups is 1. The van der Waals surface area contributed by atoms with E-state index in [1.165, 1.54) is 12.1 Å². The smallest absolute Gasteiger partial charge is 0.254 e. The number of benzene rings is 2. The lowest BCUT2D eigenvalue weighted by atomic mass is 9.93. The third kappa shape index (κ3) is 4.35. The number of hydrogen-bond donors (Lipinski definition) is 0. The monoisotopic (exact) mass is 409 g/mol. The fraction of sp³-hybridized carbons (Fsp3) is 0.348. The minimum atomic E-state index is -0.298. The van der Waals surface area contributed by atoms with Gasteiger partial charge >= 0.3 is 0 Å². The zero-order valence-corrected chi connectivity index (χ0v) is 17.1. The number of piperidine rings is 1. The summed E-state index contributed by atoms with van der Waals surface area (Å²) in [5, 5.41) is 4.00. The number of aromatic nitrogens is 2. The summed E-state index contributed by atoms with van der Waals surface area (Å²) < 4.78 is 23.7. The number of carbonyl (C=O) groups excluding carboxylic acids is 1. The van der Waals surface area contributed by atoms with Gasteiger partial charge in [0.05, 0.1) is 7.11 Å². The quantitative estimate of drug-likeness (QED) is 0.629. The van der Waals surface area contributed by atoms with Crippen molar-refractivity contribution >= 4 is 5.91 Å². The summed E-state index contributed by atoms with van der Waals surface area (Å²) in [4.78, 5) is 19.2. The lowest BCUT2D eigenvalue weighted by Crippen LogP contribution is -2.39. The number of aryl methyl sites for hydroxylation is 1. The predicted octanol–water partition coefficient (Wildman–Crippen LogP) is 4.29. The molecule has 1 aliphatic heterocycles. The van der Waals surface area contributed by atoms with Crippen molar-refractivity contribution in [2.75, 3.05) is 20.2 Å². The first-order valence-electron chi connectivity index (χ1n) is 10.1. The molecule has 0 bridgehead atoms. The Labute approximate surface area is 174 Å². The summed E-state index contributed by atoms with van der Waals surface area (Å²) in [6.45, 7) is 3.33. The Morgan fingerprint density at radius 1 is 1.20 bits per heavy atom. The van der Waals surface area contributed by atoms with Crippen LogP contribution >= 0.6 is 0 Å². The van der Waals surface area contributed by atoms with Gasteiger partial charge in [-0.1, -0.05) is 5.16 Å². The Hall–Kier alpha value is -3.22. The van der Waals surface area contributed by atoms with Crippen LogP contribution in [0.25, 0.3) is 11.4 Å². The highest BCUT2D eigenvalue weighted by molar-refractivity contribution is 5.95. The lowest BCUT2D eigenvalue weighted by Gasteiger charge is -2.32. The van der Waals surface area contributed by atoms with Crippen LogP contribution in [-0.4, -0.2) is 41.1 Å². The molecule has 0 N–H and O–H groups in total. The maximum Gasteiger partial charge on any atom is 0.254 e. The lowest BCUT2D eigenvalue weighted by molar-refractivity contribution is 0.0686. The van der Waals surface area contributed by atoms with Crippen molar-refractivity contribution in [2.24, 2.45) is 5.92 Å². The second-order valence-electron chi connectivity index (χ2n) is 7.64. The summed E-state index contributed by atoms with van der Waals surface area (Å²) in [6.07, 6.45) is 2.45. The number of nitrogens with zero attached hydrogens (tertiary/aromatic N) is 3. The molecule has 1 fully saturated rings. The Morgan fingerprint density at radius 3 is 2.60 bits per heavy atom. The van der Waals surface area contributed by atoms with E-state index in [9.17, 15) is 9.18 Å². The van der Waals surface area contributed by atoms with E-state index in [4.69, 9.17) is 9.26 Å². The van der Waals surface area contributed by atoms with Crippen LogP contribution in [0, 0.1) is 18.7 Å². The first-order chi connectivity index (χ1) is 14.5. The summed E-state index contributed by atoms with van der Waals surface area (Å²) in [6, 6.07) is 11.6. The van der Waals surface area contributed by atoms with Crippen molar-refractivity contribution in [3.05, 3.63) is 65.3 Å². The van der Waals surface area contributed by atoms with Crippen LogP contribution in [0.4, 0.5) is 4.39 Å². The van der Waals surface area contributed by atoms with Gasteiger partial charge in [-0.05, 0) is 73.7 Å². The largest absolute Gasteiger partial charge is 0.497 e. The van der Waals surface area contributed by atoms with Crippen LogP contribution in [0.5, 0.6) is 5.75 Å². The first kappa shape index (κ1) is 20.1. The van der Waals surface area contributed by atoms with E-state index in [1.54, 1.807) is 19.2 Å². The van der Waals surface area contributed by atoms with Gasteiger partial charge in [-0.2, -0.15) is 4.98 Å². The molecular weight excluding hydrogens is 385 g/mol. The van der Waals surface area contributed by atoms with Gasteiger partial charge in [-0.25, -0.2) is 4.39 Å². The topological polar surface area (TPSA) is 68.5 Å². The van der Waals surface area contributed by atoms with Crippen LogP contribution in [0.3, 0.4) is 0 Å². The third-order valence-corrected chi connectivity index (χ3v) is 5.60. The summed E-state index contributed by atoms with van der Waals surface area (Å²) in [5.74, 6) is 1.94. The molecule has 0 unspecified atom stereocenters. The van der Waals surface area contributed by atoms with Crippen LogP contribution in [0.15, 0.2) is 47.0 Å². The SMILES string of the molecule is COc1ccc(C(=O)N2CCC(Cc3nc(-c4ccc(F)cc4)no3)CC2)c(C)c1. The molecule has 0 aliphatic carbocycles. The minimum Gasteiger partial charge on any atom is -0.497 e. The molecule has 156 valence electrons. The molecule has 1 saturated heterocycles. The molecular formula is C23H24FN3O3. The third-order valence-electron chi connectivity index (χ3n) is 5.60. The molecule has 2 heterocycles. The molecule has 6 nitrogen and oxygen atoms in total. The number of rotatable bonds is 5. The number of ether oxygens (including phenoxy) is 1. The zero-order valence-electron chi connectivity index (χ0n) is 17.1. The molecule has 7 heteroatoms. The average Bonchev–Trinajstić information content (AvgIpc) is 3.22. The molecule has 1 amide bonds. The number of amides is 1. The van der Waals surface area contributed by atoms with Crippen molar-refractivity contribution in [3.8, 4) is 17.1 Å². The van der Waals surface area contributed by atoms with E-state index in [-0.39, 0.29) is 11.7 Å². The van der Waals surface area contributed by atoms with E-state index in [1.807, 2.05) is 30.0 Å². The zero-order chi connectivity index (χ0) is 21.1. The van der Waals surface area contributed by atoms with Gasteiger partial charge in [-0.3, -0.25) is 4.79 Å². The van der Waals surface area contributed by atoms with Crippen LogP contribution in [0.2, 0.25) is 0 Å². The van der Waals surface area contributed by atoms with Crippen molar-refractivity contribution in [2.45, 2.75) is 26.2 Å². The van der Waals surface area contributed by atoms with Crippen molar-refractivity contribution in [1.29, 1.82) is 0 Å². The number of halogens is 1. The second-order valence-corrected chi connectivity index (χ2v) is 7.64. The van der Waals surface area contributed by atoms with Gasteiger partial charge in [0, 0.05) is 30.6 Å². The van der Waals surface area contributed by atoms with E-state index in [2.05, 4.69) is 10.1 Å². The Morgan fingerprint density at radius 2 is 1.93 bits per heavy atom. The molecule has 0 atom stereocenters. The maximum absolute atomic E-state index is 13.1. The molecule has 4 rings (SSSR count). The van der Waals surface area contributed by atoms with Gasteiger partial charge in [0.25, 0.3) is 5.91 Å². The van der Waals surface area contributed by atoms with Gasteiger partial charge in [0.1, 0.15) is 11.6 Å². The highest BCUT2D eigenvalue weighted by atomic mass is 19.1. The molecule has 0 spiro atoms. The fourth-order valence-electron chi connectivity index (χ4n) is 3.81. The van der Waals surface area contributed by atoms with Crippen LogP contribution < -0.4 is 4.74 Å². The van der Waals surface area contributed by atoms with Crippen molar-refractivity contribution < 1.29 is 18.4 Å². The van der Waals surface area contributed by atoms with Crippen LogP contribution in [0.1, 0.15) is 34.7 Å². The molecule has 0 radical (unpaired) electrons. The van der Waals surface area contributed by atoms with E-state index in [0.29, 0.717) is 37.1 Å². The summed E-state index contributed by atoms with van der Waals surface area (Å²) >= 11 is 0. The Balaban J connectivity index is 1.34. The van der Waals surface area contributed by atoms with Crippen molar-refractivity contribution in [3.63, 3.8) is 0 Å². The number of hydrogen-bond acceptors (Lipinski definition) is 5. The molecule has 3 aromatic rings. The molecule has 1 aromatic heterocycles. The van der Waals surface area contributed by atoms with Gasteiger partial charge in [0.2, 0.25) is 11.7 Å². The fourth-order valence-corrected chi connectivity index (χ4v) is 3.81. The average molecular weight is 409 g/mol. The van der Waals surface area contributed by atoms with E-state index < -0.39 is 0 Å². The Bertz CT molecular complexity index is 1020. The molecule has 1 aliphatic rings. The number of methoxy groups -OCH3 is 1. The second kappa shape index (κ2) is 8.65. The first-order valence-corrected chi connectivity index (χ1v) is 10.1. The van der Waals surface area contributed by atoms with E-state index >= 15 is 0 Å². The van der Waals surface area contributed by atoms with Gasteiger partial charge < -0.3 is 14.2 Å². The summed E-state index contributed by atoms with van der Waals surface area (Å²) in [7, 11) is 1.62.